The normalized spacial score (nSPS) is 24.1. The van der Waals surface area contributed by atoms with E-state index in [-0.39, 0.29) is 36.7 Å². The summed E-state index contributed by atoms with van der Waals surface area (Å²) in [6, 6.07) is 12.0. The molecular weight excluding hydrogens is 432 g/mol. The van der Waals surface area contributed by atoms with Crippen molar-refractivity contribution < 1.29 is 23.8 Å². The monoisotopic (exact) mass is 464 g/mol. The topological polar surface area (TPSA) is 77.1 Å². The summed E-state index contributed by atoms with van der Waals surface area (Å²) in [7, 11) is 1.67. The summed E-state index contributed by atoms with van der Waals surface area (Å²) in [6.45, 7) is 6.06. The molecule has 2 aliphatic rings. The first-order valence-corrected chi connectivity index (χ1v) is 11.7. The Labute approximate surface area is 200 Å². The predicted octanol–water partition coefficient (Wildman–Crippen LogP) is 4.49. The molecule has 7 nitrogen and oxygen atoms in total. The molecule has 34 heavy (non-hydrogen) atoms. The second-order valence-corrected chi connectivity index (χ2v) is 9.15. The summed E-state index contributed by atoms with van der Waals surface area (Å²) >= 11 is 0. The average molecular weight is 465 g/mol. The Morgan fingerprint density at radius 3 is 2.50 bits per heavy atom. The number of hydrogen-bond acceptors (Lipinski definition) is 5. The number of rotatable bonds is 2. The van der Waals surface area contributed by atoms with Crippen LogP contribution in [0.15, 0.2) is 54.6 Å². The van der Waals surface area contributed by atoms with Gasteiger partial charge in [0.05, 0.1) is 17.7 Å². The molecule has 2 amide bonds. The first kappa shape index (κ1) is 23.7. The van der Waals surface area contributed by atoms with Crippen LogP contribution < -0.4 is 19.5 Å². The van der Waals surface area contributed by atoms with Gasteiger partial charge in [0, 0.05) is 13.5 Å². The van der Waals surface area contributed by atoms with Crippen LogP contribution in [0.1, 0.15) is 55.6 Å². The van der Waals surface area contributed by atoms with E-state index in [1.165, 1.54) is 4.90 Å². The van der Waals surface area contributed by atoms with Gasteiger partial charge < -0.3 is 24.4 Å². The van der Waals surface area contributed by atoms with Crippen molar-refractivity contribution in [1.82, 2.24) is 10.2 Å². The van der Waals surface area contributed by atoms with Crippen LogP contribution in [0.3, 0.4) is 0 Å². The van der Waals surface area contributed by atoms with Crippen LogP contribution in [-0.2, 0) is 4.79 Å². The molecule has 0 spiro atoms. The van der Waals surface area contributed by atoms with Crippen LogP contribution in [-0.4, -0.2) is 42.7 Å². The standard InChI is InChI=1S/C27H32N2O5/c1-17(2)25-26(30)28-21(19-13-14-23-24(15-19)33-16-32-23)11-7-5-9-18(3)34-22-12-8-6-10-20(22)27(31)29(25)4/h5-8,10,12-15,17-18,21,25H,9,11,16H2,1-4H3,(H,28,30)/b7-5+/t18-,21+,25-/m1/s1. The number of nitrogens with zero attached hydrogens (tertiary/aromatic N) is 1. The minimum atomic E-state index is -0.651. The third-order valence-corrected chi connectivity index (χ3v) is 6.21. The molecular formula is C27H32N2O5. The van der Waals surface area contributed by atoms with Gasteiger partial charge in [-0.2, -0.15) is 0 Å². The number of amides is 2. The number of likely N-dealkylation sites (N-methyl/N-ethyl adjacent to an activating group) is 1. The summed E-state index contributed by atoms with van der Waals surface area (Å²) in [5.41, 5.74) is 1.36. The molecule has 1 N–H and O–H groups in total. The smallest absolute Gasteiger partial charge is 0.258 e. The molecule has 0 aliphatic carbocycles. The fourth-order valence-electron chi connectivity index (χ4n) is 4.44. The summed E-state index contributed by atoms with van der Waals surface area (Å²) in [4.78, 5) is 28.5. The SMILES string of the molecule is CC(C)[C@@H]1C(=O)N[C@H](c2ccc3c(c2)OCO3)C/C=C/C[C@@H](C)Oc2ccccc2C(=O)N1C. The number of ether oxygens (including phenoxy) is 3. The van der Waals surface area contributed by atoms with Gasteiger partial charge in [-0.3, -0.25) is 9.59 Å². The Hall–Kier alpha value is -3.48. The first-order chi connectivity index (χ1) is 16.3. The highest BCUT2D eigenvalue weighted by Crippen LogP contribution is 2.35. The van der Waals surface area contributed by atoms with Crippen molar-refractivity contribution in [1.29, 1.82) is 0 Å². The van der Waals surface area contributed by atoms with Crippen LogP contribution in [0.4, 0.5) is 0 Å². The Kier molecular flexibility index (Phi) is 7.10. The second kappa shape index (κ2) is 10.2. The van der Waals surface area contributed by atoms with Gasteiger partial charge in [-0.25, -0.2) is 0 Å². The van der Waals surface area contributed by atoms with E-state index in [1.807, 2.05) is 51.1 Å². The van der Waals surface area contributed by atoms with Crippen LogP contribution in [0.25, 0.3) is 0 Å². The summed E-state index contributed by atoms with van der Waals surface area (Å²) in [5, 5.41) is 3.18. The Morgan fingerprint density at radius 2 is 1.71 bits per heavy atom. The molecule has 2 aromatic carbocycles. The molecule has 0 unspecified atom stereocenters. The Bertz CT molecular complexity index is 1080. The highest BCUT2D eigenvalue weighted by Gasteiger charge is 2.33. The van der Waals surface area contributed by atoms with Crippen molar-refractivity contribution >= 4 is 11.8 Å². The molecule has 180 valence electrons. The van der Waals surface area contributed by atoms with Crippen molar-refractivity contribution in [3.8, 4) is 17.2 Å². The van der Waals surface area contributed by atoms with Gasteiger partial charge in [-0.1, -0.05) is 44.2 Å². The molecule has 0 saturated carbocycles. The summed E-state index contributed by atoms with van der Waals surface area (Å²) in [5.74, 6) is 1.35. The van der Waals surface area contributed by atoms with Crippen molar-refractivity contribution in [3.63, 3.8) is 0 Å². The average Bonchev–Trinajstić information content (AvgIpc) is 3.28. The van der Waals surface area contributed by atoms with Crippen molar-refractivity contribution in [3.05, 3.63) is 65.7 Å². The zero-order valence-electron chi connectivity index (χ0n) is 20.1. The molecule has 7 heteroatoms. The van der Waals surface area contributed by atoms with E-state index in [1.54, 1.807) is 19.2 Å². The van der Waals surface area contributed by atoms with Gasteiger partial charge in [-0.15, -0.1) is 0 Å². The Morgan fingerprint density at radius 1 is 0.971 bits per heavy atom. The van der Waals surface area contributed by atoms with E-state index < -0.39 is 6.04 Å². The highest BCUT2D eigenvalue weighted by molar-refractivity contribution is 5.99. The van der Waals surface area contributed by atoms with Crippen molar-refractivity contribution in [2.75, 3.05) is 13.8 Å². The fraction of sp³-hybridized carbons (Fsp3) is 0.407. The van der Waals surface area contributed by atoms with E-state index in [0.717, 1.165) is 5.56 Å². The fourth-order valence-corrected chi connectivity index (χ4v) is 4.44. The maximum Gasteiger partial charge on any atom is 0.258 e. The lowest BCUT2D eigenvalue weighted by atomic mass is 9.97. The molecule has 0 saturated heterocycles. The van der Waals surface area contributed by atoms with E-state index in [9.17, 15) is 9.59 Å². The number of nitrogens with one attached hydrogen (secondary N) is 1. The lowest BCUT2D eigenvalue weighted by molar-refractivity contribution is -0.127. The van der Waals surface area contributed by atoms with Gasteiger partial charge in [0.25, 0.3) is 5.91 Å². The molecule has 4 rings (SSSR count). The molecule has 2 aliphatic heterocycles. The minimum absolute atomic E-state index is 0.0955. The molecule has 2 heterocycles. The Balaban J connectivity index is 1.69. The number of carbonyl (C=O) groups excluding carboxylic acids is 2. The molecule has 2 aromatic rings. The molecule has 3 atom stereocenters. The number of carbonyl (C=O) groups is 2. The molecule has 0 bridgehead atoms. The largest absolute Gasteiger partial charge is 0.490 e. The van der Waals surface area contributed by atoms with Crippen LogP contribution >= 0.6 is 0 Å². The third-order valence-electron chi connectivity index (χ3n) is 6.21. The predicted molar refractivity (Wildman–Crippen MR) is 129 cm³/mol. The highest BCUT2D eigenvalue weighted by atomic mass is 16.7. The zero-order chi connectivity index (χ0) is 24.2. The van der Waals surface area contributed by atoms with Crippen LogP contribution in [0, 0.1) is 5.92 Å². The van der Waals surface area contributed by atoms with Gasteiger partial charge in [0.15, 0.2) is 11.5 Å². The maximum absolute atomic E-state index is 13.5. The summed E-state index contributed by atoms with van der Waals surface area (Å²) < 4.78 is 17.1. The van der Waals surface area contributed by atoms with Gasteiger partial charge in [-0.05, 0) is 49.1 Å². The zero-order valence-corrected chi connectivity index (χ0v) is 20.1. The van der Waals surface area contributed by atoms with E-state index in [0.29, 0.717) is 35.7 Å². The van der Waals surface area contributed by atoms with E-state index in [4.69, 9.17) is 14.2 Å². The first-order valence-electron chi connectivity index (χ1n) is 11.7. The molecule has 0 aromatic heterocycles. The lowest BCUT2D eigenvalue weighted by Gasteiger charge is -2.32. The van der Waals surface area contributed by atoms with Crippen molar-refractivity contribution in [2.45, 2.75) is 51.8 Å². The summed E-state index contributed by atoms with van der Waals surface area (Å²) in [6.07, 6.45) is 5.27. The number of hydrogen-bond donors (Lipinski definition) is 1. The maximum atomic E-state index is 13.5. The second-order valence-electron chi connectivity index (χ2n) is 9.15. The number of fused-ring (bicyclic) bond motifs is 2. The van der Waals surface area contributed by atoms with Gasteiger partial charge in [0.1, 0.15) is 11.8 Å². The number of benzene rings is 2. The third kappa shape index (κ3) is 5.03. The lowest BCUT2D eigenvalue weighted by Crippen LogP contribution is -2.51. The van der Waals surface area contributed by atoms with E-state index >= 15 is 0 Å². The minimum Gasteiger partial charge on any atom is -0.490 e. The number of para-hydroxylation sites is 1. The van der Waals surface area contributed by atoms with Gasteiger partial charge >= 0.3 is 0 Å². The van der Waals surface area contributed by atoms with Crippen molar-refractivity contribution in [2.24, 2.45) is 5.92 Å². The van der Waals surface area contributed by atoms with Crippen LogP contribution in [0.2, 0.25) is 0 Å². The molecule has 0 radical (unpaired) electrons. The molecule has 0 fully saturated rings. The van der Waals surface area contributed by atoms with Crippen LogP contribution in [0.5, 0.6) is 17.2 Å². The quantitative estimate of drug-likeness (QED) is 0.663. The van der Waals surface area contributed by atoms with Gasteiger partial charge in [0.2, 0.25) is 12.7 Å². The van der Waals surface area contributed by atoms with E-state index in [2.05, 4.69) is 17.5 Å².